The largest absolute Gasteiger partial charge is 0.381 e. The number of aromatic nitrogens is 1. The number of hydrogen-bond acceptors (Lipinski definition) is 4. The van der Waals surface area contributed by atoms with Crippen LogP contribution < -0.4 is 11.1 Å². The highest BCUT2D eigenvalue weighted by atomic mass is 16.2. The molecule has 1 aromatic heterocycles. The number of unbranched alkanes of at least 4 members (excludes halogenated alkanes) is 1. The minimum absolute atomic E-state index is 0.0958. The van der Waals surface area contributed by atoms with Crippen LogP contribution in [0.2, 0.25) is 0 Å². The molecule has 19 heavy (non-hydrogen) atoms. The molecule has 1 atom stereocenters. The lowest BCUT2D eigenvalue weighted by molar-refractivity contribution is 0.0822. The maximum absolute atomic E-state index is 11.8. The summed E-state index contributed by atoms with van der Waals surface area (Å²) in [5.74, 6) is -0.0958. The van der Waals surface area contributed by atoms with Gasteiger partial charge in [-0.15, -0.1) is 0 Å². The fourth-order valence-corrected chi connectivity index (χ4v) is 1.80. The van der Waals surface area contributed by atoms with Crippen LogP contribution in [0, 0.1) is 0 Å². The summed E-state index contributed by atoms with van der Waals surface area (Å²) in [6.07, 6.45) is 4.97. The molecule has 0 aliphatic heterocycles. The van der Waals surface area contributed by atoms with Crippen molar-refractivity contribution in [2.24, 2.45) is 5.73 Å². The molecule has 0 saturated carbocycles. The van der Waals surface area contributed by atoms with E-state index in [2.05, 4.69) is 17.2 Å². The van der Waals surface area contributed by atoms with Crippen LogP contribution in [-0.4, -0.2) is 42.5 Å². The van der Waals surface area contributed by atoms with E-state index in [1.807, 2.05) is 6.07 Å². The summed E-state index contributed by atoms with van der Waals surface area (Å²) in [4.78, 5) is 17.4. The number of nitrogens with one attached hydrogen (secondary N) is 1. The van der Waals surface area contributed by atoms with Crippen LogP contribution in [0.5, 0.6) is 0 Å². The zero-order valence-corrected chi connectivity index (χ0v) is 12.0. The van der Waals surface area contributed by atoms with Crippen molar-refractivity contribution >= 4 is 11.6 Å². The van der Waals surface area contributed by atoms with Crippen molar-refractivity contribution in [1.29, 1.82) is 0 Å². The topological polar surface area (TPSA) is 71.2 Å². The average molecular weight is 264 g/mol. The number of nitrogens with zero attached hydrogens (tertiary/aromatic N) is 2. The highest BCUT2D eigenvalue weighted by Gasteiger charge is 2.11. The van der Waals surface area contributed by atoms with E-state index in [4.69, 9.17) is 5.73 Å². The molecule has 0 aromatic carbocycles. The van der Waals surface area contributed by atoms with E-state index in [1.54, 1.807) is 26.4 Å². The van der Waals surface area contributed by atoms with Crippen molar-refractivity contribution in [2.45, 2.75) is 32.2 Å². The van der Waals surface area contributed by atoms with E-state index in [9.17, 15) is 4.79 Å². The van der Waals surface area contributed by atoms with E-state index >= 15 is 0 Å². The Morgan fingerprint density at radius 3 is 2.84 bits per heavy atom. The van der Waals surface area contributed by atoms with Crippen molar-refractivity contribution in [1.82, 2.24) is 9.88 Å². The molecule has 0 radical (unpaired) electrons. The van der Waals surface area contributed by atoms with Crippen LogP contribution >= 0.6 is 0 Å². The first-order chi connectivity index (χ1) is 9.08. The minimum Gasteiger partial charge on any atom is -0.381 e. The first-order valence-corrected chi connectivity index (χ1v) is 6.72. The van der Waals surface area contributed by atoms with E-state index in [0.717, 1.165) is 24.9 Å². The molecular weight excluding hydrogens is 240 g/mol. The number of nitrogens with two attached hydrogens (primary N) is 1. The third-order valence-electron chi connectivity index (χ3n) is 2.95. The Morgan fingerprint density at radius 2 is 2.26 bits per heavy atom. The molecule has 0 fully saturated rings. The number of carbonyl (C=O) groups is 1. The van der Waals surface area contributed by atoms with Crippen molar-refractivity contribution in [3.63, 3.8) is 0 Å². The van der Waals surface area contributed by atoms with Gasteiger partial charge in [0.05, 0.1) is 0 Å². The summed E-state index contributed by atoms with van der Waals surface area (Å²) in [6, 6.07) is 3.88. The standard InChI is InChI=1S/C14H24N4O/c1-4-5-6-12(10-15)17-11-7-8-16-13(9-11)14(19)18(2)3/h7-9,12H,4-6,10,15H2,1-3H3,(H,16,17). The summed E-state index contributed by atoms with van der Waals surface area (Å²) in [5.41, 5.74) is 7.09. The van der Waals surface area contributed by atoms with E-state index in [1.165, 1.54) is 4.90 Å². The van der Waals surface area contributed by atoms with Gasteiger partial charge in [-0.25, -0.2) is 0 Å². The van der Waals surface area contributed by atoms with Crippen LogP contribution in [-0.2, 0) is 0 Å². The molecule has 1 unspecified atom stereocenters. The fraction of sp³-hybridized carbons (Fsp3) is 0.571. The van der Waals surface area contributed by atoms with Gasteiger partial charge in [0.2, 0.25) is 0 Å². The second-order valence-corrected chi connectivity index (χ2v) is 4.85. The van der Waals surface area contributed by atoms with Crippen LogP contribution in [0.3, 0.4) is 0 Å². The molecule has 0 saturated heterocycles. The smallest absolute Gasteiger partial charge is 0.272 e. The third kappa shape index (κ3) is 4.87. The molecule has 0 aliphatic rings. The van der Waals surface area contributed by atoms with Gasteiger partial charge in [-0.05, 0) is 18.6 Å². The summed E-state index contributed by atoms with van der Waals surface area (Å²) >= 11 is 0. The first-order valence-electron chi connectivity index (χ1n) is 6.72. The number of amides is 1. The van der Waals surface area contributed by atoms with E-state index in [0.29, 0.717) is 12.2 Å². The fourth-order valence-electron chi connectivity index (χ4n) is 1.80. The highest BCUT2D eigenvalue weighted by molar-refractivity contribution is 5.92. The Labute approximate surface area is 115 Å². The zero-order valence-electron chi connectivity index (χ0n) is 12.0. The number of pyridine rings is 1. The number of hydrogen-bond donors (Lipinski definition) is 2. The molecule has 1 heterocycles. The first kappa shape index (κ1) is 15.4. The average Bonchev–Trinajstić information content (AvgIpc) is 2.42. The Morgan fingerprint density at radius 1 is 1.53 bits per heavy atom. The third-order valence-corrected chi connectivity index (χ3v) is 2.95. The Kier molecular flexibility index (Phi) is 6.29. The maximum Gasteiger partial charge on any atom is 0.272 e. The highest BCUT2D eigenvalue weighted by Crippen LogP contribution is 2.12. The molecule has 3 N–H and O–H groups in total. The molecule has 1 rings (SSSR count). The predicted molar refractivity (Wildman–Crippen MR) is 78.2 cm³/mol. The second-order valence-electron chi connectivity index (χ2n) is 4.85. The van der Waals surface area contributed by atoms with Crippen LogP contribution in [0.4, 0.5) is 5.69 Å². The number of anilines is 1. The van der Waals surface area contributed by atoms with Crippen LogP contribution in [0.15, 0.2) is 18.3 Å². The molecule has 5 nitrogen and oxygen atoms in total. The monoisotopic (exact) mass is 264 g/mol. The van der Waals surface area contributed by atoms with E-state index < -0.39 is 0 Å². The quantitative estimate of drug-likeness (QED) is 0.786. The number of carbonyl (C=O) groups excluding carboxylic acids is 1. The molecule has 0 bridgehead atoms. The van der Waals surface area contributed by atoms with E-state index in [-0.39, 0.29) is 11.9 Å². The Bertz CT molecular complexity index is 406. The Balaban J connectivity index is 2.73. The summed E-state index contributed by atoms with van der Waals surface area (Å²) in [6.45, 7) is 2.74. The molecule has 1 aromatic rings. The molecule has 1 amide bonds. The molecule has 0 spiro atoms. The summed E-state index contributed by atoms with van der Waals surface area (Å²) in [5, 5.41) is 3.36. The van der Waals surface area contributed by atoms with Gasteiger partial charge in [0.15, 0.2) is 0 Å². The number of rotatable bonds is 7. The molecule has 106 valence electrons. The molecule has 5 heteroatoms. The minimum atomic E-state index is -0.0958. The lowest BCUT2D eigenvalue weighted by Gasteiger charge is -2.18. The van der Waals surface area contributed by atoms with Gasteiger partial charge < -0.3 is 16.0 Å². The van der Waals surface area contributed by atoms with Gasteiger partial charge in [-0.2, -0.15) is 0 Å². The Hall–Kier alpha value is -1.62. The lowest BCUT2D eigenvalue weighted by atomic mass is 10.1. The zero-order chi connectivity index (χ0) is 14.3. The van der Waals surface area contributed by atoms with Crippen molar-refractivity contribution in [3.05, 3.63) is 24.0 Å². The van der Waals surface area contributed by atoms with Crippen molar-refractivity contribution in [3.8, 4) is 0 Å². The van der Waals surface area contributed by atoms with Gasteiger partial charge in [-0.1, -0.05) is 19.8 Å². The van der Waals surface area contributed by atoms with Crippen LogP contribution in [0.25, 0.3) is 0 Å². The molecular formula is C14H24N4O. The van der Waals surface area contributed by atoms with Crippen molar-refractivity contribution in [2.75, 3.05) is 26.0 Å². The van der Waals surface area contributed by atoms with Gasteiger partial charge >= 0.3 is 0 Å². The van der Waals surface area contributed by atoms with Gasteiger partial charge in [-0.3, -0.25) is 9.78 Å². The van der Waals surface area contributed by atoms with Gasteiger partial charge in [0.1, 0.15) is 5.69 Å². The maximum atomic E-state index is 11.8. The van der Waals surface area contributed by atoms with Crippen LogP contribution in [0.1, 0.15) is 36.7 Å². The SMILES string of the molecule is CCCCC(CN)Nc1ccnc(C(=O)N(C)C)c1. The normalized spacial score (nSPS) is 12.0. The van der Waals surface area contributed by atoms with Crippen molar-refractivity contribution < 1.29 is 4.79 Å². The predicted octanol–water partition coefficient (Wildman–Crippen LogP) is 1.71. The summed E-state index contributed by atoms with van der Waals surface area (Å²) < 4.78 is 0. The van der Waals surface area contributed by atoms with Gasteiger partial charge in [0.25, 0.3) is 5.91 Å². The van der Waals surface area contributed by atoms with Gasteiger partial charge in [0, 0.05) is 38.6 Å². The second kappa shape index (κ2) is 7.74. The molecule has 0 aliphatic carbocycles. The summed E-state index contributed by atoms with van der Waals surface area (Å²) in [7, 11) is 3.43. The lowest BCUT2D eigenvalue weighted by Crippen LogP contribution is -2.29.